The Bertz CT molecular complexity index is 400. The second-order valence-electron chi connectivity index (χ2n) is 5.46. The quantitative estimate of drug-likeness (QED) is 0.801. The number of carbonyl (C=O) groups is 1. The first kappa shape index (κ1) is 15.5. The molecule has 4 heteroatoms. The number of anilines is 2. The Morgan fingerprint density at radius 3 is 2.32 bits per heavy atom. The van der Waals surface area contributed by atoms with Crippen LogP contribution >= 0.6 is 0 Å². The monoisotopic (exact) mass is 263 g/mol. The normalized spacial score (nSPS) is 11.1. The van der Waals surface area contributed by atoms with Crippen molar-refractivity contribution in [1.29, 1.82) is 0 Å². The summed E-state index contributed by atoms with van der Waals surface area (Å²) in [5, 5.41) is 0. The molecule has 0 saturated carbocycles. The van der Waals surface area contributed by atoms with Gasteiger partial charge in [-0.25, -0.2) is 0 Å². The predicted molar refractivity (Wildman–Crippen MR) is 81.2 cm³/mol. The summed E-state index contributed by atoms with van der Waals surface area (Å²) in [6, 6.07) is 7.34. The fourth-order valence-corrected chi connectivity index (χ4v) is 1.74. The number of hydrogen-bond acceptors (Lipinski definition) is 3. The van der Waals surface area contributed by atoms with Crippen LogP contribution in [0, 0.1) is 5.92 Å². The van der Waals surface area contributed by atoms with Gasteiger partial charge in [-0.05, 0) is 50.2 Å². The van der Waals surface area contributed by atoms with E-state index in [1.54, 1.807) is 11.9 Å². The molecule has 0 aliphatic heterocycles. The first-order valence-corrected chi connectivity index (χ1v) is 6.70. The third-order valence-electron chi connectivity index (χ3n) is 3.15. The number of carbonyl (C=O) groups excluding carboxylic acids is 1. The van der Waals surface area contributed by atoms with E-state index in [0.29, 0.717) is 18.2 Å². The van der Waals surface area contributed by atoms with Crippen LogP contribution in [0.3, 0.4) is 0 Å². The molecule has 0 heterocycles. The molecule has 0 fully saturated rings. The van der Waals surface area contributed by atoms with Crippen molar-refractivity contribution in [3.8, 4) is 0 Å². The summed E-state index contributed by atoms with van der Waals surface area (Å²) in [5.41, 5.74) is 7.22. The minimum Gasteiger partial charge on any atom is -0.399 e. The molecule has 0 radical (unpaired) electrons. The third-order valence-corrected chi connectivity index (χ3v) is 3.15. The molecule has 0 unspecified atom stereocenters. The highest BCUT2D eigenvalue weighted by molar-refractivity contribution is 5.94. The SMILES string of the molecule is CC(C)CCN(C)CC(=O)N(C)c1ccc(N)cc1. The number of amides is 1. The second-order valence-corrected chi connectivity index (χ2v) is 5.46. The van der Waals surface area contributed by atoms with Crippen molar-refractivity contribution < 1.29 is 4.79 Å². The van der Waals surface area contributed by atoms with Crippen LogP contribution in [0.4, 0.5) is 11.4 Å². The molecule has 0 aliphatic rings. The van der Waals surface area contributed by atoms with Gasteiger partial charge in [-0.15, -0.1) is 0 Å². The van der Waals surface area contributed by atoms with E-state index in [1.807, 2.05) is 31.3 Å². The molecule has 0 saturated heterocycles. The van der Waals surface area contributed by atoms with E-state index in [-0.39, 0.29) is 5.91 Å². The number of nitrogen functional groups attached to an aromatic ring is 1. The first-order valence-electron chi connectivity index (χ1n) is 6.70. The third kappa shape index (κ3) is 5.30. The molecule has 0 aliphatic carbocycles. The van der Waals surface area contributed by atoms with Crippen LogP contribution in [0.1, 0.15) is 20.3 Å². The topological polar surface area (TPSA) is 49.6 Å². The molecule has 1 aromatic carbocycles. The van der Waals surface area contributed by atoms with Crippen LogP contribution in [0.15, 0.2) is 24.3 Å². The van der Waals surface area contributed by atoms with Gasteiger partial charge >= 0.3 is 0 Å². The minimum atomic E-state index is 0.0935. The summed E-state index contributed by atoms with van der Waals surface area (Å²) in [5.74, 6) is 0.753. The van der Waals surface area contributed by atoms with Crippen molar-refractivity contribution in [3.05, 3.63) is 24.3 Å². The van der Waals surface area contributed by atoms with Gasteiger partial charge in [-0.2, -0.15) is 0 Å². The summed E-state index contributed by atoms with van der Waals surface area (Å²) >= 11 is 0. The second kappa shape index (κ2) is 7.14. The summed E-state index contributed by atoms with van der Waals surface area (Å²) in [6.45, 7) is 5.76. The summed E-state index contributed by atoms with van der Waals surface area (Å²) in [6.07, 6.45) is 1.11. The van der Waals surface area contributed by atoms with Gasteiger partial charge in [0.2, 0.25) is 5.91 Å². The lowest BCUT2D eigenvalue weighted by Crippen LogP contribution is -2.37. The molecule has 0 aromatic heterocycles. The van der Waals surface area contributed by atoms with Crippen LogP contribution in [0.25, 0.3) is 0 Å². The van der Waals surface area contributed by atoms with Crippen LogP contribution in [-0.4, -0.2) is 38.0 Å². The largest absolute Gasteiger partial charge is 0.399 e. The Morgan fingerprint density at radius 2 is 1.79 bits per heavy atom. The van der Waals surface area contributed by atoms with Gasteiger partial charge in [0.05, 0.1) is 6.54 Å². The fourth-order valence-electron chi connectivity index (χ4n) is 1.74. The molecule has 1 aromatic rings. The van der Waals surface area contributed by atoms with Crippen molar-refractivity contribution in [2.24, 2.45) is 5.92 Å². The van der Waals surface area contributed by atoms with Gasteiger partial charge in [-0.1, -0.05) is 13.8 Å². The fraction of sp³-hybridized carbons (Fsp3) is 0.533. The maximum Gasteiger partial charge on any atom is 0.240 e. The van der Waals surface area contributed by atoms with Crippen LogP contribution in [-0.2, 0) is 4.79 Å². The van der Waals surface area contributed by atoms with E-state index in [1.165, 1.54) is 0 Å². The van der Waals surface area contributed by atoms with E-state index in [2.05, 4.69) is 18.7 Å². The number of rotatable bonds is 6. The van der Waals surface area contributed by atoms with E-state index in [9.17, 15) is 4.79 Å². The molecular formula is C15H25N3O. The maximum atomic E-state index is 12.1. The maximum absolute atomic E-state index is 12.1. The highest BCUT2D eigenvalue weighted by Gasteiger charge is 2.13. The Morgan fingerprint density at radius 1 is 1.21 bits per heavy atom. The van der Waals surface area contributed by atoms with Gasteiger partial charge in [0, 0.05) is 18.4 Å². The van der Waals surface area contributed by atoms with Gasteiger partial charge in [0.25, 0.3) is 0 Å². The standard InChI is InChI=1S/C15H25N3O/c1-12(2)9-10-17(3)11-15(19)18(4)14-7-5-13(16)6-8-14/h5-8,12H,9-11,16H2,1-4H3. The molecule has 19 heavy (non-hydrogen) atoms. The molecule has 0 atom stereocenters. The van der Waals surface area contributed by atoms with Crippen molar-refractivity contribution in [2.45, 2.75) is 20.3 Å². The summed E-state index contributed by atoms with van der Waals surface area (Å²) in [7, 11) is 3.78. The molecule has 1 amide bonds. The van der Waals surface area contributed by atoms with Gasteiger partial charge in [0.15, 0.2) is 0 Å². The Labute approximate surface area is 116 Å². The number of hydrogen-bond donors (Lipinski definition) is 1. The number of nitrogens with two attached hydrogens (primary N) is 1. The molecule has 106 valence electrons. The minimum absolute atomic E-state index is 0.0935. The smallest absolute Gasteiger partial charge is 0.240 e. The average molecular weight is 263 g/mol. The zero-order valence-corrected chi connectivity index (χ0v) is 12.4. The summed E-state index contributed by atoms with van der Waals surface area (Å²) < 4.78 is 0. The molecule has 0 spiro atoms. The Balaban J connectivity index is 2.50. The van der Waals surface area contributed by atoms with Crippen molar-refractivity contribution in [1.82, 2.24) is 4.90 Å². The van der Waals surface area contributed by atoms with Gasteiger partial charge < -0.3 is 10.6 Å². The molecular weight excluding hydrogens is 238 g/mol. The predicted octanol–water partition coefficient (Wildman–Crippen LogP) is 2.21. The van der Waals surface area contributed by atoms with Crippen molar-refractivity contribution >= 4 is 17.3 Å². The lowest BCUT2D eigenvalue weighted by molar-refractivity contribution is -0.119. The Kier molecular flexibility index (Phi) is 5.83. The lowest BCUT2D eigenvalue weighted by Gasteiger charge is -2.22. The molecule has 1 rings (SSSR count). The lowest BCUT2D eigenvalue weighted by atomic mass is 10.1. The van der Waals surface area contributed by atoms with Crippen LogP contribution in [0.5, 0.6) is 0 Å². The molecule has 4 nitrogen and oxygen atoms in total. The first-order chi connectivity index (χ1) is 8.90. The highest BCUT2D eigenvalue weighted by Crippen LogP contribution is 2.15. The number of likely N-dealkylation sites (N-methyl/N-ethyl adjacent to an activating group) is 2. The zero-order chi connectivity index (χ0) is 14.4. The van der Waals surface area contributed by atoms with E-state index in [0.717, 1.165) is 18.7 Å². The van der Waals surface area contributed by atoms with Gasteiger partial charge in [0.1, 0.15) is 0 Å². The van der Waals surface area contributed by atoms with E-state index in [4.69, 9.17) is 5.73 Å². The van der Waals surface area contributed by atoms with Crippen molar-refractivity contribution in [2.75, 3.05) is 37.8 Å². The average Bonchev–Trinajstić information content (AvgIpc) is 2.36. The van der Waals surface area contributed by atoms with Gasteiger partial charge in [-0.3, -0.25) is 9.69 Å². The molecule has 0 bridgehead atoms. The highest BCUT2D eigenvalue weighted by atomic mass is 16.2. The van der Waals surface area contributed by atoms with Crippen molar-refractivity contribution in [3.63, 3.8) is 0 Å². The number of benzene rings is 1. The molecule has 2 N–H and O–H groups in total. The number of nitrogens with zero attached hydrogens (tertiary/aromatic N) is 2. The van der Waals surface area contributed by atoms with E-state index >= 15 is 0 Å². The van der Waals surface area contributed by atoms with E-state index < -0.39 is 0 Å². The zero-order valence-electron chi connectivity index (χ0n) is 12.4. The van der Waals surface area contributed by atoms with Crippen LogP contribution in [0.2, 0.25) is 0 Å². The van der Waals surface area contributed by atoms with Crippen LogP contribution < -0.4 is 10.6 Å². The summed E-state index contributed by atoms with van der Waals surface area (Å²) in [4.78, 5) is 15.9. The Hall–Kier alpha value is -1.55.